The topological polar surface area (TPSA) is 38.3 Å². The number of aryl methyl sites for hydroxylation is 2. The summed E-state index contributed by atoms with van der Waals surface area (Å²) in [6, 6.07) is 6.17. The Labute approximate surface area is 127 Å². The van der Waals surface area contributed by atoms with Crippen LogP contribution in [0.3, 0.4) is 0 Å². The third kappa shape index (κ3) is 3.13. The van der Waals surface area contributed by atoms with Crippen LogP contribution < -0.4 is 5.32 Å². The molecule has 0 heterocycles. The molecule has 0 unspecified atom stereocenters. The number of fused-ring (bicyclic) bond motifs is 1. The maximum absolute atomic E-state index is 12.4. The lowest BCUT2D eigenvalue weighted by Gasteiger charge is -2.41. The molecule has 3 nitrogen and oxygen atoms in total. The van der Waals surface area contributed by atoms with Gasteiger partial charge in [0.05, 0.1) is 6.61 Å². The molecule has 1 aromatic rings. The van der Waals surface area contributed by atoms with E-state index in [1.807, 2.05) is 13.0 Å². The SMILES string of the molecule is CCOCC1(CNC(=O)c2ccc3c(c2)CCC3)CCC1. The van der Waals surface area contributed by atoms with Crippen LogP contribution in [0.4, 0.5) is 0 Å². The van der Waals surface area contributed by atoms with Gasteiger partial charge in [0.1, 0.15) is 0 Å². The Bertz CT molecular complexity index is 520. The van der Waals surface area contributed by atoms with Gasteiger partial charge in [-0.2, -0.15) is 0 Å². The maximum Gasteiger partial charge on any atom is 0.251 e. The first-order valence-electron chi connectivity index (χ1n) is 8.20. The van der Waals surface area contributed by atoms with Gasteiger partial charge in [-0.05, 0) is 62.3 Å². The van der Waals surface area contributed by atoms with Gasteiger partial charge in [0.2, 0.25) is 0 Å². The molecule has 1 saturated carbocycles. The first kappa shape index (κ1) is 14.6. The van der Waals surface area contributed by atoms with Crippen molar-refractivity contribution in [1.82, 2.24) is 5.32 Å². The van der Waals surface area contributed by atoms with E-state index in [0.717, 1.165) is 51.0 Å². The molecule has 0 bridgehead atoms. The summed E-state index contributed by atoms with van der Waals surface area (Å²) in [6.45, 7) is 4.28. The van der Waals surface area contributed by atoms with E-state index in [0.29, 0.717) is 0 Å². The van der Waals surface area contributed by atoms with Gasteiger partial charge in [-0.3, -0.25) is 4.79 Å². The highest BCUT2D eigenvalue weighted by molar-refractivity contribution is 5.94. The Balaban J connectivity index is 1.58. The molecule has 0 spiro atoms. The summed E-state index contributed by atoms with van der Waals surface area (Å²) in [5.41, 5.74) is 3.76. The standard InChI is InChI=1S/C18H25NO2/c1-2-21-13-18(9-4-10-18)12-19-17(20)16-8-7-14-5-3-6-15(14)11-16/h7-8,11H,2-6,9-10,12-13H2,1H3,(H,19,20). The number of hydrogen-bond acceptors (Lipinski definition) is 2. The minimum absolute atomic E-state index is 0.0625. The molecule has 2 aliphatic carbocycles. The second kappa shape index (κ2) is 6.18. The molecule has 2 aliphatic rings. The molecule has 1 amide bonds. The van der Waals surface area contributed by atoms with Crippen LogP contribution in [0.2, 0.25) is 0 Å². The molecule has 3 heteroatoms. The predicted octanol–water partition coefficient (Wildman–Crippen LogP) is 3.11. The van der Waals surface area contributed by atoms with Gasteiger partial charge in [-0.25, -0.2) is 0 Å². The molecular weight excluding hydrogens is 262 g/mol. The number of nitrogens with one attached hydrogen (secondary N) is 1. The Morgan fingerprint density at radius 2 is 2.05 bits per heavy atom. The maximum atomic E-state index is 12.4. The van der Waals surface area contributed by atoms with E-state index in [-0.39, 0.29) is 11.3 Å². The monoisotopic (exact) mass is 287 g/mol. The quantitative estimate of drug-likeness (QED) is 0.873. The molecule has 0 saturated heterocycles. The lowest BCUT2D eigenvalue weighted by atomic mass is 9.69. The molecule has 1 fully saturated rings. The van der Waals surface area contributed by atoms with Crippen molar-refractivity contribution in [3.05, 3.63) is 34.9 Å². The zero-order valence-electron chi connectivity index (χ0n) is 12.9. The molecule has 0 aliphatic heterocycles. The summed E-state index contributed by atoms with van der Waals surface area (Å²) in [4.78, 5) is 12.4. The number of benzene rings is 1. The largest absolute Gasteiger partial charge is 0.381 e. The van der Waals surface area contributed by atoms with Crippen LogP contribution >= 0.6 is 0 Å². The lowest BCUT2D eigenvalue weighted by Crippen LogP contribution is -2.45. The lowest BCUT2D eigenvalue weighted by molar-refractivity contribution is -0.000182. The Morgan fingerprint density at radius 1 is 1.24 bits per heavy atom. The zero-order valence-corrected chi connectivity index (χ0v) is 12.9. The predicted molar refractivity (Wildman–Crippen MR) is 83.6 cm³/mol. The molecule has 0 aromatic heterocycles. The van der Waals surface area contributed by atoms with E-state index in [9.17, 15) is 4.79 Å². The van der Waals surface area contributed by atoms with Crippen LogP contribution in [-0.4, -0.2) is 25.7 Å². The summed E-state index contributed by atoms with van der Waals surface area (Å²) in [5, 5.41) is 3.12. The fraction of sp³-hybridized carbons (Fsp3) is 0.611. The van der Waals surface area contributed by atoms with Crippen molar-refractivity contribution in [2.24, 2.45) is 5.41 Å². The first-order chi connectivity index (χ1) is 10.2. The van der Waals surface area contributed by atoms with Crippen molar-refractivity contribution in [1.29, 1.82) is 0 Å². The number of amides is 1. The fourth-order valence-corrected chi connectivity index (χ4v) is 3.45. The van der Waals surface area contributed by atoms with Gasteiger partial charge < -0.3 is 10.1 Å². The summed E-state index contributed by atoms with van der Waals surface area (Å²) in [5.74, 6) is 0.0625. The zero-order chi connectivity index (χ0) is 14.7. The minimum atomic E-state index is 0.0625. The molecule has 114 valence electrons. The van der Waals surface area contributed by atoms with Gasteiger partial charge in [0.15, 0.2) is 0 Å². The van der Waals surface area contributed by atoms with Crippen LogP contribution in [0, 0.1) is 5.41 Å². The average Bonchev–Trinajstić information content (AvgIpc) is 2.93. The van der Waals surface area contributed by atoms with Crippen molar-refractivity contribution in [2.75, 3.05) is 19.8 Å². The average molecular weight is 287 g/mol. The highest BCUT2D eigenvalue weighted by Crippen LogP contribution is 2.40. The first-order valence-corrected chi connectivity index (χ1v) is 8.20. The number of rotatable bonds is 6. The van der Waals surface area contributed by atoms with E-state index in [1.165, 1.54) is 24.0 Å². The molecule has 1 N–H and O–H groups in total. The van der Waals surface area contributed by atoms with Gasteiger partial charge in [0.25, 0.3) is 5.91 Å². The number of carbonyl (C=O) groups excluding carboxylic acids is 1. The smallest absolute Gasteiger partial charge is 0.251 e. The van der Waals surface area contributed by atoms with Crippen molar-refractivity contribution < 1.29 is 9.53 Å². The van der Waals surface area contributed by atoms with E-state index in [2.05, 4.69) is 17.4 Å². The Hall–Kier alpha value is -1.35. The molecule has 0 atom stereocenters. The second-order valence-electron chi connectivity index (χ2n) is 6.51. The van der Waals surface area contributed by atoms with Gasteiger partial charge in [0, 0.05) is 24.1 Å². The Morgan fingerprint density at radius 3 is 2.76 bits per heavy atom. The highest BCUT2D eigenvalue weighted by Gasteiger charge is 2.37. The second-order valence-corrected chi connectivity index (χ2v) is 6.51. The van der Waals surface area contributed by atoms with Crippen LogP contribution in [0.25, 0.3) is 0 Å². The van der Waals surface area contributed by atoms with E-state index in [4.69, 9.17) is 4.74 Å². The van der Waals surface area contributed by atoms with Crippen molar-refractivity contribution in [3.8, 4) is 0 Å². The molecule has 0 radical (unpaired) electrons. The van der Waals surface area contributed by atoms with Crippen molar-refractivity contribution in [3.63, 3.8) is 0 Å². The summed E-state index contributed by atoms with van der Waals surface area (Å²) in [7, 11) is 0. The number of ether oxygens (including phenoxy) is 1. The van der Waals surface area contributed by atoms with Crippen molar-refractivity contribution >= 4 is 5.91 Å². The summed E-state index contributed by atoms with van der Waals surface area (Å²) >= 11 is 0. The summed E-state index contributed by atoms with van der Waals surface area (Å²) < 4.78 is 5.59. The van der Waals surface area contributed by atoms with Crippen molar-refractivity contribution in [2.45, 2.75) is 45.4 Å². The normalized spacial score (nSPS) is 18.9. The highest BCUT2D eigenvalue weighted by atomic mass is 16.5. The minimum Gasteiger partial charge on any atom is -0.381 e. The van der Waals surface area contributed by atoms with Gasteiger partial charge >= 0.3 is 0 Å². The number of carbonyl (C=O) groups is 1. The number of hydrogen-bond donors (Lipinski definition) is 1. The fourth-order valence-electron chi connectivity index (χ4n) is 3.45. The Kier molecular flexibility index (Phi) is 4.29. The molecule has 1 aromatic carbocycles. The van der Waals surface area contributed by atoms with Crippen LogP contribution in [-0.2, 0) is 17.6 Å². The van der Waals surface area contributed by atoms with E-state index >= 15 is 0 Å². The third-order valence-electron chi connectivity index (χ3n) is 5.01. The molecular formula is C18H25NO2. The van der Waals surface area contributed by atoms with Crippen LogP contribution in [0.5, 0.6) is 0 Å². The van der Waals surface area contributed by atoms with E-state index in [1.54, 1.807) is 0 Å². The van der Waals surface area contributed by atoms with Gasteiger partial charge in [-0.15, -0.1) is 0 Å². The summed E-state index contributed by atoms with van der Waals surface area (Å²) in [6.07, 6.45) is 7.08. The van der Waals surface area contributed by atoms with Crippen LogP contribution in [0.1, 0.15) is 54.1 Å². The molecule has 21 heavy (non-hydrogen) atoms. The third-order valence-corrected chi connectivity index (χ3v) is 5.01. The van der Waals surface area contributed by atoms with Gasteiger partial charge in [-0.1, -0.05) is 12.5 Å². The van der Waals surface area contributed by atoms with E-state index < -0.39 is 0 Å². The van der Waals surface area contributed by atoms with Crippen LogP contribution in [0.15, 0.2) is 18.2 Å². The molecule has 3 rings (SSSR count).